The molecule has 1 aliphatic carbocycles. The van der Waals surface area contributed by atoms with Crippen molar-refractivity contribution in [2.24, 2.45) is 0 Å². The van der Waals surface area contributed by atoms with Crippen LogP contribution in [0.15, 0.2) is 103 Å². The minimum Gasteiger partial charge on any atom is -0.309 e. The zero-order valence-electron chi connectivity index (χ0n) is 33.7. The number of hydrogen-bond acceptors (Lipinski definition) is 1. The molecule has 0 saturated heterocycles. The van der Waals surface area contributed by atoms with E-state index in [0.29, 0.717) is 0 Å². The van der Waals surface area contributed by atoms with E-state index in [9.17, 15) is 0 Å². The van der Waals surface area contributed by atoms with Crippen LogP contribution in [0, 0.1) is 0 Å². The van der Waals surface area contributed by atoms with Gasteiger partial charge in [0.15, 0.2) is 0 Å². The third-order valence-corrected chi connectivity index (χ3v) is 14.5. The second-order valence-electron chi connectivity index (χ2n) is 19.9. The second kappa shape index (κ2) is 9.58. The number of anilines is 3. The maximum atomic E-state index is 2.68. The Kier molecular flexibility index (Phi) is 5.74. The zero-order chi connectivity index (χ0) is 37.6. The summed E-state index contributed by atoms with van der Waals surface area (Å²) in [6, 6.07) is 40.6. The smallest absolute Gasteiger partial charge is 0.0545 e. The van der Waals surface area contributed by atoms with Gasteiger partial charge in [0.05, 0.1) is 28.1 Å². The predicted molar refractivity (Wildman–Crippen MR) is 228 cm³/mol. The van der Waals surface area contributed by atoms with E-state index in [1.807, 2.05) is 0 Å². The summed E-state index contributed by atoms with van der Waals surface area (Å²) in [6.07, 6.45) is 0. The monoisotopic (exact) mass is 702 g/mol. The maximum Gasteiger partial charge on any atom is 0.0545 e. The molecule has 7 aromatic rings. The van der Waals surface area contributed by atoms with Crippen LogP contribution >= 0.6 is 0 Å². The number of nitrogens with zero attached hydrogens (tertiary/aromatic N) is 2. The van der Waals surface area contributed by atoms with Gasteiger partial charge >= 0.3 is 0 Å². The Morgan fingerprint density at radius 2 is 0.889 bits per heavy atom. The Bertz CT molecular complexity index is 2770. The molecule has 4 heterocycles. The van der Waals surface area contributed by atoms with Gasteiger partial charge < -0.3 is 9.47 Å². The van der Waals surface area contributed by atoms with Gasteiger partial charge in [0, 0.05) is 38.1 Å². The lowest BCUT2D eigenvalue weighted by molar-refractivity contribution is 0.566. The number of hydrogen-bond donors (Lipinski definition) is 0. The predicted octanol–water partition coefficient (Wildman–Crippen LogP) is 13.8. The van der Waals surface area contributed by atoms with Gasteiger partial charge in [-0.05, 0) is 103 Å². The molecule has 2 nitrogen and oxygen atoms in total. The van der Waals surface area contributed by atoms with Crippen LogP contribution in [0.3, 0.4) is 0 Å². The fraction of sp³-hybridized carbons (Fsp3) is 0.308. The third-order valence-electron chi connectivity index (χ3n) is 14.5. The molecule has 0 saturated carbocycles. The quantitative estimate of drug-likeness (QED) is 0.165. The van der Waals surface area contributed by atoms with Crippen LogP contribution in [0.2, 0.25) is 0 Å². The molecular formula is C52H50N2. The first-order valence-electron chi connectivity index (χ1n) is 20.0. The molecule has 2 heteroatoms. The van der Waals surface area contributed by atoms with Crippen molar-refractivity contribution < 1.29 is 0 Å². The van der Waals surface area contributed by atoms with Crippen LogP contribution in [0.4, 0.5) is 17.1 Å². The highest BCUT2D eigenvalue weighted by molar-refractivity contribution is 6.12. The van der Waals surface area contributed by atoms with Crippen LogP contribution in [-0.4, -0.2) is 4.57 Å². The molecule has 0 fully saturated rings. The third kappa shape index (κ3) is 3.64. The van der Waals surface area contributed by atoms with Gasteiger partial charge in [-0.15, -0.1) is 0 Å². The second-order valence-corrected chi connectivity index (χ2v) is 19.9. The highest BCUT2D eigenvalue weighted by Gasteiger charge is 2.52. The van der Waals surface area contributed by atoms with Crippen molar-refractivity contribution in [1.82, 2.24) is 4.57 Å². The highest BCUT2D eigenvalue weighted by Crippen LogP contribution is 2.66. The van der Waals surface area contributed by atoms with E-state index in [2.05, 4.69) is 189 Å². The zero-order valence-corrected chi connectivity index (χ0v) is 33.7. The molecule has 0 bridgehead atoms. The molecule has 0 unspecified atom stereocenters. The summed E-state index contributed by atoms with van der Waals surface area (Å²) in [5.41, 5.74) is 22.9. The molecule has 6 aromatic carbocycles. The standard InChI is InChI=1S/C52H50N2/c1-48(2,3)29-22-23-43-33(24-29)34-27-32-31-16-12-13-17-35(31)49(4,5)40(32)28-44(34)53(43)30-25-41-47-42(26-30)52(10,11)39-21-15-19-37-46(39)54(47)45-36(50(37,6)7)18-14-20-38(45)51(41,8)9/h12-28H,1-11H3. The lowest BCUT2D eigenvalue weighted by Crippen LogP contribution is -2.43. The molecule has 54 heavy (non-hydrogen) atoms. The number of aromatic nitrogens is 1. The van der Waals surface area contributed by atoms with E-state index < -0.39 is 0 Å². The fourth-order valence-corrected chi connectivity index (χ4v) is 11.3. The molecule has 4 aliphatic rings. The number of fused-ring (bicyclic) bond motifs is 6. The minimum absolute atomic E-state index is 0.0411. The molecule has 0 spiro atoms. The molecular weight excluding hydrogens is 653 g/mol. The lowest BCUT2D eigenvalue weighted by atomic mass is 9.61. The van der Waals surface area contributed by atoms with Gasteiger partial charge in [-0.2, -0.15) is 0 Å². The molecule has 1 aromatic heterocycles. The molecule has 0 atom stereocenters. The molecule has 0 N–H and O–H groups in total. The topological polar surface area (TPSA) is 8.17 Å². The molecule has 268 valence electrons. The Balaban J connectivity index is 1.27. The van der Waals surface area contributed by atoms with Crippen molar-refractivity contribution in [2.75, 3.05) is 4.90 Å². The SMILES string of the molecule is CC(C)(C)c1ccc2c(c1)c1cc3c(cc1n2-c1cc2c4c(c1)C(C)(C)c1cccc5c1N4c1c(cccc1C2(C)C)C5(C)C)C(C)(C)c1ccccc1-3. The summed E-state index contributed by atoms with van der Waals surface area (Å²) in [5, 5.41) is 2.66. The summed E-state index contributed by atoms with van der Waals surface area (Å²) in [5.74, 6) is 0. The Morgan fingerprint density at radius 1 is 0.407 bits per heavy atom. The molecule has 0 amide bonds. The molecule has 3 aliphatic heterocycles. The fourth-order valence-electron chi connectivity index (χ4n) is 11.3. The van der Waals surface area contributed by atoms with Crippen LogP contribution in [-0.2, 0) is 27.1 Å². The van der Waals surface area contributed by atoms with Gasteiger partial charge in [0.1, 0.15) is 0 Å². The summed E-state index contributed by atoms with van der Waals surface area (Å²) >= 11 is 0. The van der Waals surface area contributed by atoms with Gasteiger partial charge in [0.25, 0.3) is 0 Å². The number of rotatable bonds is 1. The number of para-hydroxylation sites is 2. The summed E-state index contributed by atoms with van der Waals surface area (Å²) in [6.45, 7) is 26.5. The first-order valence-corrected chi connectivity index (χ1v) is 20.0. The van der Waals surface area contributed by atoms with Crippen molar-refractivity contribution in [1.29, 1.82) is 0 Å². The first kappa shape index (κ1) is 32.4. The van der Waals surface area contributed by atoms with Crippen LogP contribution in [0.25, 0.3) is 38.6 Å². The lowest BCUT2D eigenvalue weighted by Gasteiger charge is -2.55. The highest BCUT2D eigenvalue weighted by atomic mass is 15.2. The summed E-state index contributed by atoms with van der Waals surface area (Å²) in [7, 11) is 0. The molecule has 0 radical (unpaired) electrons. The van der Waals surface area contributed by atoms with Gasteiger partial charge in [0.2, 0.25) is 0 Å². The van der Waals surface area contributed by atoms with Gasteiger partial charge in [-0.25, -0.2) is 0 Å². The summed E-state index contributed by atoms with van der Waals surface area (Å²) < 4.78 is 2.61. The van der Waals surface area contributed by atoms with E-state index in [1.54, 1.807) is 0 Å². The average Bonchev–Trinajstić information content (AvgIpc) is 3.56. The Labute approximate surface area is 320 Å². The normalized spacial score (nSPS) is 18.5. The number of benzene rings is 6. The van der Waals surface area contributed by atoms with Crippen LogP contribution in [0.1, 0.15) is 126 Å². The van der Waals surface area contributed by atoms with E-state index in [4.69, 9.17) is 0 Å². The van der Waals surface area contributed by atoms with Crippen molar-refractivity contribution in [3.8, 4) is 16.8 Å². The van der Waals surface area contributed by atoms with E-state index in [-0.39, 0.29) is 27.1 Å². The van der Waals surface area contributed by atoms with E-state index in [1.165, 1.54) is 106 Å². The maximum absolute atomic E-state index is 2.68. The largest absolute Gasteiger partial charge is 0.309 e. The van der Waals surface area contributed by atoms with Crippen LogP contribution < -0.4 is 4.90 Å². The van der Waals surface area contributed by atoms with Crippen molar-refractivity contribution in [2.45, 2.75) is 103 Å². The molecule has 11 rings (SSSR count). The van der Waals surface area contributed by atoms with Crippen LogP contribution in [0.5, 0.6) is 0 Å². The minimum atomic E-state index is -0.207. The van der Waals surface area contributed by atoms with Gasteiger partial charge in [-0.3, -0.25) is 0 Å². The first-order chi connectivity index (χ1) is 25.4. The van der Waals surface area contributed by atoms with Crippen molar-refractivity contribution in [3.63, 3.8) is 0 Å². The summed E-state index contributed by atoms with van der Waals surface area (Å²) in [4.78, 5) is 2.68. The Hall–Kier alpha value is -5.08. The van der Waals surface area contributed by atoms with Crippen molar-refractivity contribution in [3.05, 3.63) is 153 Å². The van der Waals surface area contributed by atoms with Crippen molar-refractivity contribution >= 4 is 38.9 Å². The Morgan fingerprint density at radius 3 is 1.46 bits per heavy atom. The van der Waals surface area contributed by atoms with E-state index in [0.717, 1.165) is 0 Å². The average molecular weight is 703 g/mol. The van der Waals surface area contributed by atoms with E-state index >= 15 is 0 Å². The van der Waals surface area contributed by atoms with Gasteiger partial charge in [-0.1, -0.05) is 143 Å².